The van der Waals surface area contributed by atoms with E-state index in [4.69, 9.17) is 4.42 Å². The Hall–Kier alpha value is -1.73. The summed E-state index contributed by atoms with van der Waals surface area (Å²) in [5.41, 5.74) is 0.0844. The highest BCUT2D eigenvalue weighted by Crippen LogP contribution is 2.34. The first kappa shape index (κ1) is 17.1. The van der Waals surface area contributed by atoms with Crippen molar-refractivity contribution in [3.05, 3.63) is 53.5 Å². The maximum atomic E-state index is 13.8. The Bertz CT molecular complexity index is 834. The molecule has 0 N–H and O–H groups in total. The number of hydrogen-bond acceptors (Lipinski definition) is 4. The van der Waals surface area contributed by atoms with Gasteiger partial charge in [0.05, 0.1) is 17.9 Å². The van der Waals surface area contributed by atoms with Gasteiger partial charge >= 0.3 is 0 Å². The van der Waals surface area contributed by atoms with Crippen LogP contribution < -0.4 is 0 Å². The molecular formula is C17H21FN2O3S. The van der Waals surface area contributed by atoms with E-state index in [1.54, 1.807) is 24.4 Å². The number of rotatable bonds is 4. The molecule has 1 atom stereocenters. The lowest BCUT2D eigenvalue weighted by Gasteiger charge is -2.36. The van der Waals surface area contributed by atoms with Gasteiger partial charge in [0.15, 0.2) is 0 Å². The van der Waals surface area contributed by atoms with Crippen molar-refractivity contribution in [2.24, 2.45) is 0 Å². The number of benzene rings is 1. The van der Waals surface area contributed by atoms with Gasteiger partial charge in [-0.1, -0.05) is 18.2 Å². The van der Waals surface area contributed by atoms with Gasteiger partial charge < -0.3 is 4.42 Å². The number of nitrogens with zero attached hydrogens (tertiary/aromatic N) is 2. The highest BCUT2D eigenvalue weighted by Gasteiger charge is 2.39. The Morgan fingerprint density at radius 2 is 2.12 bits per heavy atom. The van der Waals surface area contributed by atoms with Crippen molar-refractivity contribution in [3.63, 3.8) is 0 Å². The molecule has 0 bridgehead atoms. The van der Waals surface area contributed by atoms with E-state index in [1.165, 1.54) is 16.6 Å². The third-order valence-corrected chi connectivity index (χ3v) is 5.77. The fraction of sp³-hybridized carbons (Fsp3) is 0.471. The lowest BCUT2D eigenvalue weighted by molar-refractivity contribution is 0.203. The summed E-state index contributed by atoms with van der Waals surface area (Å²) in [5.74, 6) is 0.817. The van der Waals surface area contributed by atoms with Gasteiger partial charge in [-0.05, 0) is 31.4 Å². The summed E-state index contributed by atoms with van der Waals surface area (Å²) in [7, 11) is -3.24. The highest BCUT2D eigenvalue weighted by molar-refractivity contribution is 7.88. The summed E-state index contributed by atoms with van der Waals surface area (Å²) in [4.78, 5) is 4.34. The monoisotopic (exact) mass is 352 g/mol. The topological polar surface area (TPSA) is 63.4 Å². The molecule has 1 saturated heterocycles. The van der Waals surface area contributed by atoms with Crippen LogP contribution >= 0.6 is 0 Å². The molecule has 2 heterocycles. The Balaban J connectivity index is 1.81. The van der Waals surface area contributed by atoms with Crippen molar-refractivity contribution >= 4 is 10.0 Å². The van der Waals surface area contributed by atoms with Gasteiger partial charge in [-0.25, -0.2) is 22.1 Å². The molecular weight excluding hydrogens is 331 g/mol. The van der Waals surface area contributed by atoms with Crippen LogP contribution in [-0.4, -0.2) is 37.1 Å². The first-order chi connectivity index (χ1) is 11.3. The van der Waals surface area contributed by atoms with Crippen LogP contribution in [0.15, 0.2) is 34.9 Å². The smallest absolute Gasteiger partial charge is 0.211 e. The quantitative estimate of drug-likeness (QED) is 0.849. The molecule has 7 heteroatoms. The number of oxazole rings is 1. The van der Waals surface area contributed by atoms with Gasteiger partial charge in [-0.2, -0.15) is 0 Å². The molecule has 0 radical (unpaired) electrons. The van der Waals surface area contributed by atoms with Crippen LogP contribution in [0.3, 0.4) is 0 Å². The average Bonchev–Trinajstić information content (AvgIpc) is 2.98. The Kier molecular flexibility index (Phi) is 4.48. The molecule has 1 aromatic heterocycles. The van der Waals surface area contributed by atoms with Crippen molar-refractivity contribution in [1.29, 1.82) is 0 Å². The van der Waals surface area contributed by atoms with E-state index in [0.29, 0.717) is 36.7 Å². The minimum atomic E-state index is -3.24. The van der Waals surface area contributed by atoms with Crippen LogP contribution in [-0.2, 0) is 21.9 Å². The number of hydrogen-bond donors (Lipinski definition) is 0. The number of piperidine rings is 1. The zero-order valence-corrected chi connectivity index (χ0v) is 14.6. The van der Waals surface area contributed by atoms with Crippen molar-refractivity contribution in [1.82, 2.24) is 9.29 Å². The van der Waals surface area contributed by atoms with E-state index < -0.39 is 15.4 Å². The molecule has 0 spiro atoms. The molecule has 1 aromatic carbocycles. The third kappa shape index (κ3) is 3.52. The van der Waals surface area contributed by atoms with Gasteiger partial charge in [0, 0.05) is 19.5 Å². The predicted octanol–water partition coefficient (Wildman–Crippen LogP) is 2.72. The minimum Gasteiger partial charge on any atom is -0.445 e. The maximum Gasteiger partial charge on any atom is 0.211 e. The van der Waals surface area contributed by atoms with Gasteiger partial charge in [-0.3, -0.25) is 0 Å². The molecule has 5 nitrogen and oxygen atoms in total. The molecule has 1 aliphatic heterocycles. The fourth-order valence-electron chi connectivity index (χ4n) is 3.15. The molecule has 2 aromatic rings. The van der Waals surface area contributed by atoms with Crippen LogP contribution in [0, 0.1) is 5.82 Å². The van der Waals surface area contributed by atoms with Crippen molar-refractivity contribution in [3.8, 4) is 0 Å². The van der Waals surface area contributed by atoms with Crippen molar-refractivity contribution < 1.29 is 17.2 Å². The first-order valence-electron chi connectivity index (χ1n) is 7.92. The summed E-state index contributed by atoms with van der Waals surface area (Å²) < 4.78 is 44.7. The molecule has 1 fully saturated rings. The number of sulfonamides is 1. The maximum absolute atomic E-state index is 13.8. The Morgan fingerprint density at radius 3 is 2.83 bits per heavy atom. The zero-order chi connectivity index (χ0) is 17.4. The van der Waals surface area contributed by atoms with E-state index in [1.807, 2.05) is 6.92 Å². The van der Waals surface area contributed by atoms with E-state index in [2.05, 4.69) is 4.98 Å². The fourth-order valence-corrected chi connectivity index (χ4v) is 4.13. The lowest BCUT2D eigenvalue weighted by Crippen LogP contribution is -2.46. The van der Waals surface area contributed by atoms with Gasteiger partial charge in [0.1, 0.15) is 11.6 Å². The number of halogens is 1. The van der Waals surface area contributed by atoms with E-state index in [0.717, 1.165) is 12.8 Å². The third-order valence-electron chi connectivity index (χ3n) is 4.52. The molecule has 24 heavy (non-hydrogen) atoms. The van der Waals surface area contributed by atoms with E-state index in [-0.39, 0.29) is 5.82 Å². The summed E-state index contributed by atoms with van der Waals surface area (Å²) >= 11 is 0. The molecule has 0 saturated carbocycles. The first-order valence-corrected chi connectivity index (χ1v) is 9.76. The van der Waals surface area contributed by atoms with Crippen LogP contribution in [0.1, 0.15) is 37.0 Å². The van der Waals surface area contributed by atoms with Crippen molar-refractivity contribution in [2.75, 3.05) is 19.3 Å². The van der Waals surface area contributed by atoms with E-state index in [9.17, 15) is 12.8 Å². The largest absolute Gasteiger partial charge is 0.445 e. The summed E-state index contributed by atoms with van der Waals surface area (Å²) in [5, 5.41) is 0. The normalized spacial score (nSPS) is 22.6. The van der Waals surface area contributed by atoms with Gasteiger partial charge in [0.25, 0.3) is 0 Å². The zero-order valence-electron chi connectivity index (χ0n) is 13.8. The van der Waals surface area contributed by atoms with Crippen LogP contribution in [0.5, 0.6) is 0 Å². The van der Waals surface area contributed by atoms with Gasteiger partial charge in [-0.15, -0.1) is 0 Å². The molecule has 3 rings (SSSR count). The van der Waals surface area contributed by atoms with Crippen LogP contribution in [0.2, 0.25) is 0 Å². The standard InChI is InChI=1S/C17H21FN2O3S/c1-17(8-5-9-20(12-17)24(2,21)22)16-19-11-14(23-16)10-13-6-3-4-7-15(13)18/h3-4,6-7,11H,5,8-10,12H2,1-2H3/t17-/m1/s1. The molecule has 0 aliphatic carbocycles. The number of aromatic nitrogens is 1. The van der Waals surface area contributed by atoms with Crippen molar-refractivity contribution in [2.45, 2.75) is 31.6 Å². The molecule has 0 unspecified atom stereocenters. The SMILES string of the molecule is C[C@@]1(c2ncc(Cc3ccccc3F)o2)CCCN(S(C)(=O)=O)C1. The second-order valence-electron chi connectivity index (χ2n) is 6.66. The van der Waals surface area contributed by atoms with Crippen LogP contribution in [0.4, 0.5) is 4.39 Å². The van der Waals surface area contributed by atoms with Crippen LogP contribution in [0.25, 0.3) is 0 Å². The summed E-state index contributed by atoms with van der Waals surface area (Å²) in [6, 6.07) is 6.56. The minimum absolute atomic E-state index is 0.275. The Morgan fingerprint density at radius 1 is 1.38 bits per heavy atom. The Labute approximate surface area is 141 Å². The van der Waals surface area contributed by atoms with E-state index >= 15 is 0 Å². The highest BCUT2D eigenvalue weighted by atomic mass is 32.2. The molecule has 130 valence electrons. The second-order valence-corrected chi connectivity index (χ2v) is 8.64. The van der Waals surface area contributed by atoms with Gasteiger partial charge in [0.2, 0.25) is 15.9 Å². The summed E-state index contributed by atoms with van der Waals surface area (Å²) in [6.45, 7) is 2.84. The second kappa shape index (κ2) is 6.29. The average molecular weight is 352 g/mol. The molecule has 1 aliphatic rings. The lowest BCUT2D eigenvalue weighted by atomic mass is 9.83. The summed E-state index contributed by atoms with van der Waals surface area (Å²) in [6.07, 6.45) is 4.71. The molecule has 0 amide bonds. The predicted molar refractivity (Wildman–Crippen MR) is 88.7 cm³/mol.